The second kappa shape index (κ2) is 13.4. The van der Waals surface area contributed by atoms with Crippen LogP contribution >= 0.6 is 0 Å². The van der Waals surface area contributed by atoms with Gasteiger partial charge < -0.3 is 10.2 Å². The minimum Gasteiger partial charge on any atom is -0.354 e. The predicted octanol–water partition coefficient (Wildman–Crippen LogP) is 3.47. The largest absolute Gasteiger partial charge is 0.354 e. The van der Waals surface area contributed by atoms with Crippen molar-refractivity contribution in [1.29, 1.82) is 0 Å². The maximum atomic E-state index is 14.7. The molecule has 0 aliphatic heterocycles. The van der Waals surface area contributed by atoms with Crippen molar-refractivity contribution >= 4 is 27.7 Å². The van der Waals surface area contributed by atoms with E-state index >= 15 is 0 Å². The molecule has 0 aliphatic rings. The van der Waals surface area contributed by atoms with Gasteiger partial charge >= 0.3 is 10.2 Å². The van der Waals surface area contributed by atoms with E-state index in [1.54, 1.807) is 6.92 Å². The topological polar surface area (TPSA) is 90.0 Å². The summed E-state index contributed by atoms with van der Waals surface area (Å²) in [6.45, 7) is 5.66. The van der Waals surface area contributed by atoms with Gasteiger partial charge in [0.05, 0.1) is 5.69 Å². The Balaban J connectivity index is 2.48. The molecule has 0 spiro atoms. The third kappa shape index (κ3) is 7.51. The van der Waals surface area contributed by atoms with E-state index < -0.39 is 34.5 Å². The summed E-state index contributed by atoms with van der Waals surface area (Å²) >= 11 is 0. The summed E-state index contributed by atoms with van der Waals surface area (Å²) in [6.07, 6.45) is 2.04. The van der Waals surface area contributed by atoms with Gasteiger partial charge in [0.2, 0.25) is 11.8 Å². The van der Waals surface area contributed by atoms with Gasteiger partial charge in [-0.2, -0.15) is 12.7 Å². The number of nitrogens with zero attached hydrogens (tertiary/aromatic N) is 3. The van der Waals surface area contributed by atoms with Gasteiger partial charge in [-0.15, -0.1) is 0 Å². The molecule has 0 radical (unpaired) electrons. The summed E-state index contributed by atoms with van der Waals surface area (Å²) in [4.78, 5) is 28.2. The molecule has 0 aromatic heterocycles. The molecule has 0 fully saturated rings. The lowest BCUT2D eigenvalue weighted by atomic mass is 10.1. The highest BCUT2D eigenvalue weighted by Gasteiger charge is 2.34. The molecule has 0 unspecified atom stereocenters. The van der Waals surface area contributed by atoms with Crippen molar-refractivity contribution in [2.75, 3.05) is 31.5 Å². The number of aryl methyl sites for hydroxylation is 1. The average Bonchev–Trinajstić information content (AvgIpc) is 2.83. The summed E-state index contributed by atoms with van der Waals surface area (Å²) in [5.41, 5.74) is 1.55. The molecule has 2 amide bonds. The summed E-state index contributed by atoms with van der Waals surface area (Å²) in [5, 5.41) is 2.88. The summed E-state index contributed by atoms with van der Waals surface area (Å²) < 4.78 is 42.6. The molecular weight excluding hydrogens is 483 g/mol. The zero-order valence-electron chi connectivity index (χ0n) is 21.7. The van der Waals surface area contributed by atoms with Crippen LogP contribution in [0.2, 0.25) is 0 Å². The molecular formula is C26H37FN4O4S. The Morgan fingerprint density at radius 1 is 1.06 bits per heavy atom. The minimum atomic E-state index is -4.21. The number of rotatable bonds is 13. The number of amides is 2. The number of para-hydroxylation sites is 1. The van der Waals surface area contributed by atoms with Crippen molar-refractivity contribution in [3.8, 4) is 0 Å². The van der Waals surface area contributed by atoms with E-state index in [4.69, 9.17) is 0 Å². The van der Waals surface area contributed by atoms with Crippen molar-refractivity contribution in [3.63, 3.8) is 0 Å². The molecule has 10 heteroatoms. The van der Waals surface area contributed by atoms with Crippen LogP contribution in [-0.4, -0.2) is 62.7 Å². The third-order valence-electron chi connectivity index (χ3n) is 5.79. The van der Waals surface area contributed by atoms with E-state index in [9.17, 15) is 22.4 Å². The van der Waals surface area contributed by atoms with Gasteiger partial charge in [-0.1, -0.05) is 62.2 Å². The smallest absolute Gasteiger partial charge is 0.304 e. The van der Waals surface area contributed by atoms with Crippen molar-refractivity contribution in [2.45, 2.75) is 52.6 Å². The van der Waals surface area contributed by atoms with E-state index in [2.05, 4.69) is 5.32 Å². The normalized spacial score (nSPS) is 12.3. The zero-order chi connectivity index (χ0) is 26.9. The Labute approximate surface area is 214 Å². The third-order valence-corrected chi connectivity index (χ3v) is 7.60. The maximum Gasteiger partial charge on any atom is 0.304 e. The van der Waals surface area contributed by atoms with Crippen LogP contribution < -0.4 is 9.62 Å². The first kappa shape index (κ1) is 29.3. The van der Waals surface area contributed by atoms with Crippen molar-refractivity contribution in [3.05, 3.63) is 65.5 Å². The Hall–Kier alpha value is -2.98. The molecule has 1 atom stereocenters. The Morgan fingerprint density at radius 2 is 1.75 bits per heavy atom. The molecule has 2 rings (SSSR count). The SMILES string of the molecule is CCCCNC(=O)[C@@H](CC)N(Cc1cccc(C)c1)C(=O)CN(c1ccccc1F)S(=O)(=O)N(C)C. The number of halogens is 1. The maximum absolute atomic E-state index is 14.7. The molecule has 198 valence electrons. The van der Waals surface area contributed by atoms with Gasteiger partial charge in [0.1, 0.15) is 18.4 Å². The number of nitrogens with one attached hydrogen (secondary N) is 1. The molecule has 1 N–H and O–H groups in total. The quantitative estimate of drug-likeness (QED) is 0.410. The van der Waals surface area contributed by atoms with E-state index in [0.717, 1.165) is 38.6 Å². The van der Waals surface area contributed by atoms with Crippen LogP contribution in [-0.2, 0) is 26.3 Å². The first-order chi connectivity index (χ1) is 17.0. The molecule has 2 aromatic rings. The number of hydrogen-bond donors (Lipinski definition) is 1. The number of benzene rings is 2. The minimum absolute atomic E-state index is 0.105. The molecule has 2 aromatic carbocycles. The fourth-order valence-electron chi connectivity index (χ4n) is 3.79. The number of unbranched alkanes of at least 4 members (excludes halogenated alkanes) is 1. The van der Waals surface area contributed by atoms with Crippen molar-refractivity contribution in [1.82, 2.24) is 14.5 Å². The molecule has 0 aliphatic carbocycles. The van der Waals surface area contributed by atoms with Crippen molar-refractivity contribution in [2.24, 2.45) is 0 Å². The lowest BCUT2D eigenvalue weighted by Crippen LogP contribution is -2.53. The van der Waals surface area contributed by atoms with Gasteiger partial charge in [-0.05, 0) is 37.5 Å². The first-order valence-corrected chi connectivity index (χ1v) is 13.5. The molecule has 0 heterocycles. The van der Waals surface area contributed by atoms with Crippen LogP contribution in [0.3, 0.4) is 0 Å². The Kier molecular flexibility index (Phi) is 10.9. The molecule has 0 saturated carbocycles. The number of anilines is 1. The average molecular weight is 521 g/mol. The van der Waals surface area contributed by atoms with Crippen LogP contribution in [0.4, 0.5) is 10.1 Å². The van der Waals surface area contributed by atoms with Gasteiger partial charge in [-0.25, -0.2) is 8.70 Å². The summed E-state index contributed by atoms with van der Waals surface area (Å²) in [7, 11) is -1.59. The van der Waals surface area contributed by atoms with Gasteiger partial charge in [0.15, 0.2) is 0 Å². The fraction of sp³-hybridized carbons (Fsp3) is 0.462. The lowest BCUT2D eigenvalue weighted by Gasteiger charge is -2.34. The van der Waals surface area contributed by atoms with E-state index in [0.29, 0.717) is 13.0 Å². The van der Waals surface area contributed by atoms with Gasteiger partial charge in [0, 0.05) is 27.2 Å². The standard InChI is InChI=1S/C26H37FN4O4S/c1-6-8-16-28-26(33)23(7-2)30(18-21-13-11-12-20(3)17-21)25(32)19-31(36(34,35)29(4)5)24-15-10-9-14-22(24)27/h9-15,17,23H,6-8,16,18-19H2,1-5H3,(H,28,33)/t23-/m1/s1. The number of carbonyl (C=O) groups is 2. The molecule has 36 heavy (non-hydrogen) atoms. The number of carbonyl (C=O) groups excluding carboxylic acids is 2. The highest BCUT2D eigenvalue weighted by Crippen LogP contribution is 2.24. The predicted molar refractivity (Wildman–Crippen MR) is 140 cm³/mol. The number of hydrogen-bond acceptors (Lipinski definition) is 4. The van der Waals surface area contributed by atoms with Crippen LogP contribution in [0.1, 0.15) is 44.2 Å². The first-order valence-electron chi connectivity index (χ1n) is 12.1. The van der Waals surface area contributed by atoms with E-state index in [1.807, 2.05) is 38.1 Å². The molecule has 0 bridgehead atoms. The van der Waals surface area contributed by atoms with Crippen molar-refractivity contribution < 1.29 is 22.4 Å². The van der Waals surface area contributed by atoms with E-state index in [1.165, 1.54) is 37.2 Å². The van der Waals surface area contributed by atoms with Crippen LogP contribution in [0.25, 0.3) is 0 Å². The second-order valence-electron chi connectivity index (χ2n) is 8.83. The zero-order valence-corrected chi connectivity index (χ0v) is 22.5. The second-order valence-corrected chi connectivity index (χ2v) is 10.9. The highest BCUT2D eigenvalue weighted by molar-refractivity contribution is 7.90. The van der Waals surface area contributed by atoms with Crippen LogP contribution in [0.5, 0.6) is 0 Å². The van der Waals surface area contributed by atoms with Crippen LogP contribution in [0.15, 0.2) is 48.5 Å². The fourth-order valence-corrected chi connectivity index (χ4v) is 4.85. The van der Waals surface area contributed by atoms with Gasteiger partial charge in [-0.3, -0.25) is 9.59 Å². The van der Waals surface area contributed by atoms with Crippen LogP contribution in [0, 0.1) is 12.7 Å². The Bertz CT molecular complexity index is 1140. The monoisotopic (exact) mass is 520 g/mol. The highest BCUT2D eigenvalue weighted by atomic mass is 32.2. The van der Waals surface area contributed by atoms with E-state index in [-0.39, 0.29) is 18.1 Å². The molecule has 0 saturated heterocycles. The Morgan fingerprint density at radius 3 is 2.33 bits per heavy atom. The summed E-state index contributed by atoms with van der Waals surface area (Å²) in [6, 6.07) is 12.1. The lowest BCUT2D eigenvalue weighted by molar-refractivity contribution is -0.140. The summed E-state index contributed by atoms with van der Waals surface area (Å²) in [5.74, 6) is -1.69. The molecule has 8 nitrogen and oxygen atoms in total. The van der Waals surface area contributed by atoms with Gasteiger partial charge in [0.25, 0.3) is 0 Å².